The average molecular weight is 570 g/mol. The zero-order valence-corrected chi connectivity index (χ0v) is 23.1. The molecule has 10 nitrogen and oxygen atoms in total. The van der Waals surface area contributed by atoms with Crippen molar-refractivity contribution in [1.29, 1.82) is 0 Å². The Kier molecular flexibility index (Phi) is 10.0. The summed E-state index contributed by atoms with van der Waals surface area (Å²) in [6, 6.07) is 14.1. The number of nitrogens with one attached hydrogen (secondary N) is 2. The molecule has 2 N–H and O–H groups in total. The van der Waals surface area contributed by atoms with Crippen molar-refractivity contribution in [3.63, 3.8) is 0 Å². The first-order chi connectivity index (χ1) is 19.4. The Labute approximate surface area is 237 Å². The van der Waals surface area contributed by atoms with Crippen LogP contribution in [-0.4, -0.2) is 62.6 Å². The summed E-state index contributed by atoms with van der Waals surface area (Å²) in [6.45, 7) is 0.562. The van der Waals surface area contributed by atoms with Gasteiger partial charge in [0.05, 0.1) is 33.1 Å². The van der Waals surface area contributed by atoms with Crippen LogP contribution >= 0.6 is 11.6 Å². The number of hydrogen-bond donors (Lipinski definition) is 2. The van der Waals surface area contributed by atoms with Crippen molar-refractivity contribution < 1.29 is 33.0 Å². The number of carbonyl (C=O) groups excluding carboxylic acids is 3. The van der Waals surface area contributed by atoms with E-state index >= 15 is 0 Å². The lowest BCUT2D eigenvalue weighted by Gasteiger charge is -2.32. The number of halogens is 1. The van der Waals surface area contributed by atoms with Gasteiger partial charge in [-0.05, 0) is 54.3 Å². The third-order valence-electron chi connectivity index (χ3n) is 6.58. The molecule has 2 aromatic carbocycles. The van der Waals surface area contributed by atoms with Crippen LogP contribution in [-0.2, 0) is 20.9 Å². The third kappa shape index (κ3) is 7.13. The molecule has 0 spiro atoms. The maximum atomic E-state index is 13.8. The highest BCUT2D eigenvalue weighted by Gasteiger charge is 2.33. The maximum absolute atomic E-state index is 13.8. The SMILES string of the molecule is COc1ccc(C(C(=O)NCC2CCCO2)N(Cc2ccccc2Cl)C(=O)CNC(=O)c2ccco2)cc1OC. The number of hydrogen-bond acceptors (Lipinski definition) is 7. The average Bonchev–Trinajstić information content (AvgIpc) is 3.70. The predicted octanol–water partition coefficient (Wildman–Crippen LogP) is 3.75. The second kappa shape index (κ2) is 13.9. The minimum Gasteiger partial charge on any atom is -0.493 e. The number of methoxy groups -OCH3 is 2. The van der Waals surface area contributed by atoms with E-state index in [1.54, 1.807) is 48.5 Å². The Morgan fingerprint density at radius 1 is 1.05 bits per heavy atom. The number of carbonyl (C=O) groups is 3. The molecule has 0 aliphatic carbocycles. The Hall–Kier alpha value is -4.02. The molecule has 40 heavy (non-hydrogen) atoms. The molecule has 1 aliphatic rings. The molecule has 0 radical (unpaired) electrons. The van der Waals surface area contributed by atoms with Gasteiger partial charge < -0.3 is 34.2 Å². The standard InChI is InChI=1S/C29H32ClN3O7/c1-37-23-12-11-19(15-25(23)38-2)27(29(36)31-16-21-8-5-13-39-21)33(18-20-7-3-4-9-22(20)30)26(34)17-32-28(35)24-10-6-14-40-24/h3-4,6-7,9-12,14-15,21,27H,5,8,13,16-18H2,1-2H3,(H,31,36)(H,32,35). The highest BCUT2D eigenvalue weighted by Crippen LogP contribution is 2.33. The molecule has 212 valence electrons. The van der Waals surface area contributed by atoms with Gasteiger partial charge in [0.2, 0.25) is 11.8 Å². The van der Waals surface area contributed by atoms with E-state index in [0.29, 0.717) is 40.8 Å². The molecule has 11 heteroatoms. The molecular weight excluding hydrogens is 538 g/mol. The van der Waals surface area contributed by atoms with Crippen LogP contribution in [0.15, 0.2) is 65.3 Å². The molecule has 0 saturated carbocycles. The van der Waals surface area contributed by atoms with Gasteiger partial charge in [0.25, 0.3) is 5.91 Å². The van der Waals surface area contributed by atoms with Crippen molar-refractivity contribution in [2.45, 2.75) is 31.5 Å². The molecule has 0 bridgehead atoms. The van der Waals surface area contributed by atoms with Crippen LogP contribution in [0.3, 0.4) is 0 Å². The quantitative estimate of drug-likeness (QED) is 0.341. The lowest BCUT2D eigenvalue weighted by atomic mass is 10.0. The van der Waals surface area contributed by atoms with Crippen molar-refractivity contribution >= 4 is 29.3 Å². The van der Waals surface area contributed by atoms with Crippen LogP contribution in [0.5, 0.6) is 11.5 Å². The maximum Gasteiger partial charge on any atom is 0.287 e. The summed E-state index contributed by atoms with van der Waals surface area (Å²) in [6.07, 6.45) is 3.02. The first kappa shape index (κ1) is 29.0. The second-order valence-corrected chi connectivity index (χ2v) is 9.58. The van der Waals surface area contributed by atoms with Crippen molar-refractivity contribution in [2.24, 2.45) is 0 Å². The van der Waals surface area contributed by atoms with Crippen LogP contribution in [0, 0.1) is 0 Å². The van der Waals surface area contributed by atoms with Gasteiger partial charge in [0, 0.05) is 24.7 Å². The fraction of sp³-hybridized carbons (Fsp3) is 0.345. The summed E-state index contributed by atoms with van der Waals surface area (Å²) in [7, 11) is 3.00. The Morgan fingerprint density at radius 2 is 1.85 bits per heavy atom. The summed E-state index contributed by atoms with van der Waals surface area (Å²) < 4.78 is 21.6. The number of furan rings is 1. The van der Waals surface area contributed by atoms with Gasteiger partial charge >= 0.3 is 0 Å². The van der Waals surface area contributed by atoms with E-state index in [2.05, 4.69) is 10.6 Å². The molecule has 4 rings (SSSR count). The minimum atomic E-state index is -1.09. The van der Waals surface area contributed by atoms with E-state index in [1.165, 1.54) is 31.4 Å². The number of amides is 3. The molecule has 1 saturated heterocycles. The topological polar surface area (TPSA) is 119 Å². The van der Waals surface area contributed by atoms with Crippen LogP contribution in [0.25, 0.3) is 0 Å². The first-order valence-corrected chi connectivity index (χ1v) is 13.2. The predicted molar refractivity (Wildman–Crippen MR) is 147 cm³/mol. The zero-order chi connectivity index (χ0) is 28.5. The van der Waals surface area contributed by atoms with Crippen LogP contribution in [0.4, 0.5) is 0 Å². The summed E-state index contributed by atoms with van der Waals surface area (Å²) in [5, 5.41) is 5.96. The van der Waals surface area contributed by atoms with Gasteiger partial charge in [0.15, 0.2) is 17.3 Å². The minimum absolute atomic E-state index is 0.00148. The van der Waals surface area contributed by atoms with E-state index in [-0.39, 0.29) is 25.0 Å². The van der Waals surface area contributed by atoms with Gasteiger partial charge in [-0.15, -0.1) is 0 Å². The lowest BCUT2D eigenvalue weighted by molar-refractivity contribution is -0.141. The number of benzene rings is 2. The van der Waals surface area contributed by atoms with E-state index < -0.39 is 23.8 Å². The molecule has 1 fully saturated rings. The molecule has 2 atom stereocenters. The van der Waals surface area contributed by atoms with E-state index in [9.17, 15) is 14.4 Å². The smallest absolute Gasteiger partial charge is 0.287 e. The van der Waals surface area contributed by atoms with Crippen molar-refractivity contribution in [3.8, 4) is 11.5 Å². The lowest BCUT2D eigenvalue weighted by Crippen LogP contribution is -2.48. The Bertz CT molecular complexity index is 1310. The van der Waals surface area contributed by atoms with Gasteiger partial charge in [-0.25, -0.2) is 0 Å². The molecule has 3 amide bonds. The third-order valence-corrected chi connectivity index (χ3v) is 6.94. The first-order valence-electron chi connectivity index (χ1n) is 12.9. The van der Waals surface area contributed by atoms with Gasteiger partial charge in [0.1, 0.15) is 6.04 Å². The molecule has 1 aliphatic heterocycles. The summed E-state index contributed by atoms with van der Waals surface area (Å²) in [5.41, 5.74) is 1.12. The second-order valence-electron chi connectivity index (χ2n) is 9.17. The van der Waals surface area contributed by atoms with Crippen molar-refractivity contribution in [2.75, 3.05) is 33.9 Å². The molecule has 3 aromatic rings. The summed E-state index contributed by atoms with van der Waals surface area (Å²) >= 11 is 6.46. The van der Waals surface area contributed by atoms with Gasteiger partial charge in [-0.3, -0.25) is 14.4 Å². The highest BCUT2D eigenvalue weighted by atomic mass is 35.5. The largest absolute Gasteiger partial charge is 0.493 e. The van der Waals surface area contributed by atoms with Gasteiger partial charge in [-0.2, -0.15) is 0 Å². The summed E-state index contributed by atoms with van der Waals surface area (Å²) in [4.78, 5) is 41.5. The fourth-order valence-electron chi connectivity index (χ4n) is 4.50. The van der Waals surface area contributed by atoms with Gasteiger partial charge in [-0.1, -0.05) is 35.9 Å². The molecule has 2 heterocycles. The zero-order valence-electron chi connectivity index (χ0n) is 22.4. The Balaban J connectivity index is 1.69. The number of nitrogens with zero attached hydrogens (tertiary/aromatic N) is 1. The molecular formula is C29H32ClN3O7. The fourth-order valence-corrected chi connectivity index (χ4v) is 4.69. The van der Waals surface area contributed by atoms with E-state index in [1.807, 2.05) is 0 Å². The highest BCUT2D eigenvalue weighted by molar-refractivity contribution is 6.31. The normalized spacial score (nSPS) is 15.2. The van der Waals surface area contributed by atoms with E-state index in [4.69, 9.17) is 30.2 Å². The number of ether oxygens (including phenoxy) is 3. The summed E-state index contributed by atoms with van der Waals surface area (Å²) in [5.74, 6) is -0.544. The van der Waals surface area contributed by atoms with Crippen LogP contribution in [0.1, 0.15) is 40.6 Å². The van der Waals surface area contributed by atoms with Crippen molar-refractivity contribution in [1.82, 2.24) is 15.5 Å². The number of rotatable bonds is 12. The van der Waals surface area contributed by atoms with E-state index in [0.717, 1.165) is 12.8 Å². The molecule has 2 unspecified atom stereocenters. The molecule has 1 aromatic heterocycles. The Morgan fingerprint density at radius 3 is 2.52 bits per heavy atom. The van der Waals surface area contributed by atoms with Crippen LogP contribution in [0.2, 0.25) is 5.02 Å². The monoisotopic (exact) mass is 569 g/mol. The van der Waals surface area contributed by atoms with Crippen molar-refractivity contribution in [3.05, 3.63) is 82.8 Å². The van der Waals surface area contributed by atoms with Crippen LogP contribution < -0.4 is 20.1 Å².